The lowest BCUT2D eigenvalue weighted by molar-refractivity contribution is -0.422. The lowest BCUT2D eigenvalue weighted by Gasteiger charge is -1.97. The number of halogens is 1. The topological polar surface area (TPSA) is 56.3 Å². The average molecular weight is 247 g/mol. The Bertz CT molecular complexity index is 616. The van der Waals surface area contributed by atoms with Crippen LogP contribution in [0.4, 0.5) is 4.39 Å². The summed E-state index contributed by atoms with van der Waals surface area (Å²) >= 11 is 0. The molecule has 0 radical (unpaired) electrons. The van der Waals surface area contributed by atoms with Crippen LogP contribution in [0.15, 0.2) is 46.5 Å². The Hall–Kier alpha value is -2.43. The summed E-state index contributed by atoms with van der Waals surface area (Å²) in [4.78, 5) is 9.96. The summed E-state index contributed by atoms with van der Waals surface area (Å²) in [6.45, 7) is 1.37. The average Bonchev–Trinajstić information content (AvgIpc) is 2.77. The molecular weight excluding hydrogens is 237 g/mol. The molecule has 1 heterocycles. The van der Waals surface area contributed by atoms with E-state index >= 15 is 0 Å². The van der Waals surface area contributed by atoms with Gasteiger partial charge in [0.15, 0.2) is 0 Å². The first-order chi connectivity index (χ1) is 8.58. The van der Waals surface area contributed by atoms with Crippen molar-refractivity contribution in [2.24, 2.45) is 0 Å². The van der Waals surface area contributed by atoms with Crippen molar-refractivity contribution < 1.29 is 13.7 Å². The van der Waals surface area contributed by atoms with Crippen LogP contribution < -0.4 is 0 Å². The van der Waals surface area contributed by atoms with E-state index in [4.69, 9.17) is 4.42 Å². The van der Waals surface area contributed by atoms with Crippen molar-refractivity contribution in [3.63, 3.8) is 0 Å². The van der Waals surface area contributed by atoms with Gasteiger partial charge in [-0.1, -0.05) is 12.1 Å². The summed E-state index contributed by atoms with van der Waals surface area (Å²) in [5.74, 6) is 0.270. The minimum atomic E-state index is -0.509. The van der Waals surface area contributed by atoms with Crippen molar-refractivity contribution in [3.05, 3.63) is 63.8 Å². The van der Waals surface area contributed by atoms with Crippen molar-refractivity contribution in [3.8, 4) is 11.3 Å². The molecule has 0 N–H and O–H groups in total. The van der Waals surface area contributed by atoms with Crippen molar-refractivity contribution in [2.75, 3.05) is 0 Å². The van der Waals surface area contributed by atoms with Gasteiger partial charge in [0.1, 0.15) is 17.3 Å². The van der Waals surface area contributed by atoms with Gasteiger partial charge in [0, 0.05) is 6.92 Å². The van der Waals surface area contributed by atoms with E-state index in [2.05, 4.69) is 0 Å². The van der Waals surface area contributed by atoms with Gasteiger partial charge in [0.25, 0.3) is 0 Å². The molecule has 0 spiro atoms. The normalized spacial score (nSPS) is 11.6. The zero-order valence-corrected chi connectivity index (χ0v) is 9.59. The number of rotatable bonds is 3. The van der Waals surface area contributed by atoms with E-state index < -0.39 is 10.7 Å². The Kier molecular flexibility index (Phi) is 3.23. The zero-order chi connectivity index (χ0) is 13.1. The second kappa shape index (κ2) is 4.83. The Labute approximate surface area is 103 Å². The van der Waals surface area contributed by atoms with E-state index in [9.17, 15) is 14.5 Å². The molecule has 0 saturated carbocycles. The molecule has 0 amide bonds. The smallest absolute Gasteiger partial charge is 0.246 e. The number of hydrogen-bond acceptors (Lipinski definition) is 3. The number of allylic oxidation sites excluding steroid dienone is 1. The summed E-state index contributed by atoms with van der Waals surface area (Å²) in [5, 5.41) is 10.5. The van der Waals surface area contributed by atoms with Crippen LogP contribution in [0.3, 0.4) is 0 Å². The SMILES string of the molecule is C/C(=C\c1ccc(-c2ccccc2F)o1)[N+](=O)[O-]. The highest BCUT2D eigenvalue weighted by molar-refractivity contribution is 5.60. The molecule has 2 rings (SSSR count). The summed E-state index contributed by atoms with van der Waals surface area (Å²) in [5.41, 5.74) is 0.292. The molecule has 0 aliphatic carbocycles. The minimum Gasteiger partial charge on any atom is -0.456 e. The maximum absolute atomic E-state index is 13.5. The number of furan rings is 1. The monoisotopic (exact) mass is 247 g/mol. The standard InChI is InChI=1S/C13H10FNO3/c1-9(15(16)17)8-10-6-7-13(18-10)11-4-2-3-5-12(11)14/h2-8H,1H3/b9-8+. The zero-order valence-electron chi connectivity index (χ0n) is 9.59. The van der Waals surface area contributed by atoms with Crippen molar-refractivity contribution >= 4 is 6.08 Å². The number of nitrogens with zero attached hydrogens (tertiary/aromatic N) is 1. The van der Waals surface area contributed by atoms with Crippen LogP contribution in [0.25, 0.3) is 17.4 Å². The van der Waals surface area contributed by atoms with E-state index in [1.807, 2.05) is 0 Å². The van der Waals surface area contributed by atoms with E-state index in [1.54, 1.807) is 30.3 Å². The fraction of sp³-hybridized carbons (Fsp3) is 0.0769. The summed E-state index contributed by atoms with van der Waals surface area (Å²) < 4.78 is 18.8. The van der Waals surface area contributed by atoms with Crippen LogP contribution in [0.5, 0.6) is 0 Å². The molecule has 5 heteroatoms. The second-order valence-corrected chi connectivity index (χ2v) is 3.72. The van der Waals surface area contributed by atoms with Crippen LogP contribution in [0.1, 0.15) is 12.7 Å². The second-order valence-electron chi connectivity index (χ2n) is 3.72. The van der Waals surface area contributed by atoms with Gasteiger partial charge in [-0.05, 0) is 24.3 Å². The fourth-order valence-electron chi connectivity index (χ4n) is 1.49. The molecule has 92 valence electrons. The lowest BCUT2D eigenvalue weighted by Crippen LogP contribution is -1.92. The Morgan fingerprint density at radius 1 is 1.33 bits per heavy atom. The molecule has 0 saturated heterocycles. The maximum atomic E-state index is 13.5. The van der Waals surface area contributed by atoms with Gasteiger partial charge in [-0.2, -0.15) is 0 Å². The molecule has 0 aliphatic heterocycles. The molecule has 1 aromatic heterocycles. The molecular formula is C13H10FNO3. The molecule has 4 nitrogen and oxygen atoms in total. The Balaban J connectivity index is 2.35. The summed E-state index contributed by atoms with van der Waals surface area (Å²) in [6.07, 6.45) is 1.30. The first-order valence-electron chi connectivity index (χ1n) is 5.25. The number of hydrogen-bond donors (Lipinski definition) is 0. The van der Waals surface area contributed by atoms with Crippen molar-refractivity contribution in [2.45, 2.75) is 6.92 Å². The van der Waals surface area contributed by atoms with E-state index in [0.717, 1.165) is 0 Å². The van der Waals surface area contributed by atoms with Crippen LogP contribution in [-0.4, -0.2) is 4.92 Å². The quantitative estimate of drug-likeness (QED) is 0.613. The van der Waals surface area contributed by atoms with E-state index in [0.29, 0.717) is 17.1 Å². The van der Waals surface area contributed by atoms with Crippen LogP contribution in [-0.2, 0) is 0 Å². The third kappa shape index (κ3) is 2.45. The molecule has 18 heavy (non-hydrogen) atoms. The molecule has 2 aromatic rings. The van der Waals surface area contributed by atoms with Gasteiger partial charge in [-0.25, -0.2) is 4.39 Å². The van der Waals surface area contributed by atoms with E-state index in [-0.39, 0.29) is 5.70 Å². The largest absolute Gasteiger partial charge is 0.456 e. The highest BCUT2D eigenvalue weighted by Gasteiger charge is 2.10. The first kappa shape index (κ1) is 12.0. The van der Waals surface area contributed by atoms with Crippen LogP contribution in [0, 0.1) is 15.9 Å². The van der Waals surface area contributed by atoms with Crippen LogP contribution in [0.2, 0.25) is 0 Å². The van der Waals surface area contributed by atoms with Gasteiger partial charge in [-0.15, -0.1) is 0 Å². The third-order valence-electron chi connectivity index (χ3n) is 2.41. The fourth-order valence-corrected chi connectivity index (χ4v) is 1.49. The van der Waals surface area contributed by atoms with Gasteiger partial charge >= 0.3 is 0 Å². The number of benzene rings is 1. The van der Waals surface area contributed by atoms with Gasteiger partial charge in [0.05, 0.1) is 16.6 Å². The molecule has 0 aliphatic rings. The number of nitro groups is 1. The molecule has 0 bridgehead atoms. The Morgan fingerprint density at radius 2 is 2.06 bits per heavy atom. The van der Waals surface area contributed by atoms with Crippen molar-refractivity contribution in [1.29, 1.82) is 0 Å². The maximum Gasteiger partial charge on any atom is 0.246 e. The summed E-state index contributed by atoms with van der Waals surface area (Å²) in [7, 11) is 0. The first-order valence-corrected chi connectivity index (χ1v) is 5.25. The van der Waals surface area contributed by atoms with Crippen LogP contribution >= 0.6 is 0 Å². The molecule has 1 aromatic carbocycles. The highest BCUT2D eigenvalue weighted by atomic mass is 19.1. The minimum absolute atomic E-state index is 0.0376. The molecule has 0 atom stereocenters. The van der Waals surface area contributed by atoms with Gasteiger partial charge in [0.2, 0.25) is 5.70 Å². The summed E-state index contributed by atoms with van der Waals surface area (Å²) in [6, 6.07) is 9.34. The van der Waals surface area contributed by atoms with Crippen molar-refractivity contribution in [1.82, 2.24) is 0 Å². The lowest BCUT2D eigenvalue weighted by atomic mass is 10.1. The predicted molar refractivity (Wildman–Crippen MR) is 64.7 cm³/mol. The Morgan fingerprint density at radius 3 is 2.72 bits per heavy atom. The third-order valence-corrected chi connectivity index (χ3v) is 2.41. The molecule has 0 fully saturated rings. The van der Waals surface area contributed by atoms with Gasteiger partial charge in [-0.3, -0.25) is 10.1 Å². The highest BCUT2D eigenvalue weighted by Crippen LogP contribution is 2.25. The molecule has 0 unspecified atom stereocenters. The predicted octanol–water partition coefficient (Wildman–Crippen LogP) is 3.72. The van der Waals surface area contributed by atoms with Gasteiger partial charge < -0.3 is 4.42 Å². The van der Waals surface area contributed by atoms with E-state index in [1.165, 1.54) is 19.1 Å².